The molecule has 1 fully saturated rings. The molecule has 2 N–H and O–H groups in total. The van der Waals surface area contributed by atoms with E-state index in [1.54, 1.807) is 0 Å². The first kappa shape index (κ1) is 13.5. The van der Waals surface area contributed by atoms with Crippen LogP contribution >= 0.6 is 19.4 Å². The molecule has 0 amide bonds. The minimum Gasteiger partial charge on any atom is -0.324 e. The van der Waals surface area contributed by atoms with Crippen molar-refractivity contribution in [3.63, 3.8) is 0 Å². The summed E-state index contributed by atoms with van der Waals surface area (Å²) in [5.41, 5.74) is 0. The Kier molecular flexibility index (Phi) is 5.64. The molecular formula is C9H20NO3PS. The van der Waals surface area contributed by atoms with Gasteiger partial charge >= 0.3 is 7.60 Å². The number of hydrogen-bond acceptors (Lipinski definition) is 3. The third-order valence-corrected chi connectivity index (χ3v) is 4.46. The maximum atomic E-state index is 11.0. The first-order valence-corrected chi connectivity index (χ1v) is 8.34. The molecule has 0 aromatic heterocycles. The summed E-state index contributed by atoms with van der Waals surface area (Å²) in [6, 6.07) is 0.370. The van der Waals surface area contributed by atoms with Gasteiger partial charge in [0.15, 0.2) is 0 Å². The number of nitrogens with zero attached hydrogens (tertiary/aromatic N) is 1. The fourth-order valence-electron chi connectivity index (χ4n) is 1.78. The Bertz CT molecular complexity index is 227. The summed E-state index contributed by atoms with van der Waals surface area (Å²) in [5.74, 6) is 2.14. The zero-order valence-corrected chi connectivity index (χ0v) is 10.8. The molecule has 15 heavy (non-hydrogen) atoms. The van der Waals surface area contributed by atoms with Crippen molar-refractivity contribution in [1.29, 1.82) is 0 Å². The summed E-state index contributed by atoms with van der Waals surface area (Å²) in [6.07, 6.45) is 3.07. The molecule has 1 aliphatic rings. The van der Waals surface area contributed by atoms with Gasteiger partial charge in [-0.05, 0) is 25.1 Å². The maximum Gasteiger partial charge on any atom is 0.339 e. The van der Waals surface area contributed by atoms with Crippen LogP contribution in [-0.2, 0) is 4.57 Å². The second kappa shape index (κ2) is 6.26. The van der Waals surface area contributed by atoms with Crippen molar-refractivity contribution in [3.8, 4) is 0 Å². The molecule has 90 valence electrons. The normalized spacial score (nSPS) is 22.5. The molecule has 1 atom stereocenters. The second-order valence-electron chi connectivity index (χ2n) is 3.99. The van der Waals surface area contributed by atoms with Gasteiger partial charge in [0.2, 0.25) is 0 Å². The Labute approximate surface area is 95.6 Å². The first-order chi connectivity index (χ1) is 7.03. The van der Waals surface area contributed by atoms with E-state index >= 15 is 0 Å². The van der Waals surface area contributed by atoms with Crippen LogP contribution in [0.1, 0.15) is 26.2 Å². The Morgan fingerprint density at radius 2 is 2.27 bits per heavy atom. The molecule has 0 saturated carbocycles. The SMILES string of the molecule is CCCCN(CP(=O)(O)O)C1CCSC1. The molecule has 4 nitrogen and oxygen atoms in total. The third-order valence-electron chi connectivity index (χ3n) is 2.59. The van der Waals surface area contributed by atoms with Crippen molar-refractivity contribution >= 4 is 19.4 Å². The van der Waals surface area contributed by atoms with Crippen LogP contribution < -0.4 is 0 Å². The predicted octanol–water partition coefficient (Wildman–Crippen LogP) is 1.73. The minimum atomic E-state index is -3.90. The summed E-state index contributed by atoms with van der Waals surface area (Å²) in [6.45, 7) is 2.91. The van der Waals surface area contributed by atoms with E-state index in [1.807, 2.05) is 16.7 Å². The van der Waals surface area contributed by atoms with Crippen molar-refractivity contribution in [2.45, 2.75) is 32.2 Å². The Morgan fingerprint density at radius 1 is 1.53 bits per heavy atom. The fourth-order valence-corrected chi connectivity index (χ4v) is 3.88. The van der Waals surface area contributed by atoms with Gasteiger partial charge in [0, 0.05) is 11.8 Å². The maximum absolute atomic E-state index is 11.0. The molecule has 1 saturated heterocycles. The molecule has 0 aromatic carbocycles. The third kappa shape index (κ3) is 5.36. The summed E-state index contributed by atoms with van der Waals surface area (Å²) >= 11 is 1.88. The molecule has 0 aliphatic carbocycles. The molecule has 1 aliphatic heterocycles. The van der Waals surface area contributed by atoms with Crippen molar-refractivity contribution < 1.29 is 14.4 Å². The van der Waals surface area contributed by atoms with Gasteiger partial charge in [0.05, 0.1) is 0 Å². The van der Waals surface area contributed by atoms with Gasteiger partial charge in [-0.3, -0.25) is 9.46 Å². The van der Waals surface area contributed by atoms with Crippen LogP contribution in [0.2, 0.25) is 0 Å². The zero-order valence-electron chi connectivity index (χ0n) is 9.13. The molecule has 6 heteroatoms. The molecule has 0 aromatic rings. The Balaban J connectivity index is 2.47. The zero-order chi connectivity index (χ0) is 11.3. The number of rotatable bonds is 6. The smallest absolute Gasteiger partial charge is 0.324 e. The van der Waals surface area contributed by atoms with Gasteiger partial charge in [0.1, 0.15) is 6.29 Å². The fraction of sp³-hybridized carbons (Fsp3) is 1.00. The number of hydrogen-bond donors (Lipinski definition) is 2. The van der Waals surface area contributed by atoms with Gasteiger partial charge in [-0.1, -0.05) is 13.3 Å². The largest absolute Gasteiger partial charge is 0.339 e. The molecule has 1 unspecified atom stereocenters. The molecule has 0 radical (unpaired) electrons. The van der Waals surface area contributed by atoms with Crippen LogP contribution in [0.5, 0.6) is 0 Å². The predicted molar refractivity (Wildman–Crippen MR) is 64.3 cm³/mol. The van der Waals surface area contributed by atoms with Crippen molar-refractivity contribution in [3.05, 3.63) is 0 Å². The first-order valence-electron chi connectivity index (χ1n) is 5.39. The van der Waals surface area contributed by atoms with Crippen LogP contribution in [0, 0.1) is 0 Å². The van der Waals surface area contributed by atoms with E-state index in [1.165, 1.54) is 0 Å². The van der Waals surface area contributed by atoms with Crippen LogP contribution in [-0.4, -0.2) is 45.1 Å². The number of thioether (sulfide) groups is 1. The lowest BCUT2D eigenvalue weighted by molar-refractivity contribution is 0.221. The highest BCUT2D eigenvalue weighted by atomic mass is 32.2. The van der Waals surface area contributed by atoms with E-state index in [4.69, 9.17) is 9.79 Å². The van der Waals surface area contributed by atoms with E-state index in [2.05, 4.69) is 6.92 Å². The Morgan fingerprint density at radius 3 is 2.73 bits per heavy atom. The minimum absolute atomic E-state index is 0.0712. The highest BCUT2D eigenvalue weighted by Crippen LogP contribution is 2.37. The van der Waals surface area contributed by atoms with Crippen molar-refractivity contribution in [1.82, 2.24) is 4.90 Å². The lowest BCUT2D eigenvalue weighted by atomic mass is 10.2. The van der Waals surface area contributed by atoms with Gasteiger partial charge in [-0.15, -0.1) is 0 Å². The summed E-state index contributed by atoms with van der Waals surface area (Å²) in [5, 5.41) is 0. The van der Waals surface area contributed by atoms with Crippen LogP contribution in [0.25, 0.3) is 0 Å². The van der Waals surface area contributed by atoms with Gasteiger partial charge in [-0.25, -0.2) is 0 Å². The average Bonchev–Trinajstić information content (AvgIpc) is 2.63. The monoisotopic (exact) mass is 253 g/mol. The van der Waals surface area contributed by atoms with Gasteiger partial charge in [0.25, 0.3) is 0 Å². The summed E-state index contributed by atoms with van der Waals surface area (Å²) in [7, 11) is -3.90. The van der Waals surface area contributed by atoms with Gasteiger partial charge in [-0.2, -0.15) is 11.8 Å². The topological polar surface area (TPSA) is 60.8 Å². The molecule has 0 bridgehead atoms. The van der Waals surface area contributed by atoms with E-state index < -0.39 is 7.60 Å². The molecule has 0 spiro atoms. The van der Waals surface area contributed by atoms with Crippen LogP contribution in [0.4, 0.5) is 0 Å². The van der Waals surface area contributed by atoms with Crippen LogP contribution in [0.15, 0.2) is 0 Å². The summed E-state index contributed by atoms with van der Waals surface area (Å²) < 4.78 is 11.0. The molecule has 1 heterocycles. The lowest BCUT2D eigenvalue weighted by Crippen LogP contribution is -2.36. The quantitative estimate of drug-likeness (QED) is 0.706. The Hall–Kier alpha value is 0.460. The highest BCUT2D eigenvalue weighted by Gasteiger charge is 2.27. The van der Waals surface area contributed by atoms with E-state index in [9.17, 15) is 4.57 Å². The summed E-state index contributed by atoms with van der Waals surface area (Å²) in [4.78, 5) is 20.0. The molecular weight excluding hydrogens is 233 g/mol. The van der Waals surface area contributed by atoms with Crippen LogP contribution in [0.3, 0.4) is 0 Å². The van der Waals surface area contributed by atoms with E-state index in [-0.39, 0.29) is 6.29 Å². The standard InChI is InChI=1S/C9H20NO3PS/c1-2-3-5-10(8-14(11,12)13)9-4-6-15-7-9/h9H,2-8H2,1H3,(H2,11,12,13). The highest BCUT2D eigenvalue weighted by molar-refractivity contribution is 7.99. The average molecular weight is 253 g/mol. The lowest BCUT2D eigenvalue weighted by Gasteiger charge is -2.28. The second-order valence-corrected chi connectivity index (χ2v) is 6.75. The van der Waals surface area contributed by atoms with Crippen molar-refractivity contribution in [2.24, 2.45) is 0 Å². The van der Waals surface area contributed by atoms with E-state index in [0.29, 0.717) is 6.04 Å². The molecule has 1 rings (SSSR count). The number of unbranched alkanes of at least 4 members (excludes halogenated alkanes) is 1. The van der Waals surface area contributed by atoms with E-state index in [0.717, 1.165) is 37.3 Å². The van der Waals surface area contributed by atoms with Gasteiger partial charge < -0.3 is 9.79 Å². The van der Waals surface area contributed by atoms with Crippen molar-refractivity contribution in [2.75, 3.05) is 24.3 Å².